The van der Waals surface area contributed by atoms with Gasteiger partial charge in [0.05, 0.1) is 42.3 Å². The second-order valence-electron chi connectivity index (χ2n) is 11.3. The maximum absolute atomic E-state index is 13.6. The summed E-state index contributed by atoms with van der Waals surface area (Å²) in [6.07, 6.45) is -0.789. The van der Waals surface area contributed by atoms with Crippen LogP contribution in [-0.4, -0.2) is 73.5 Å². The highest BCUT2D eigenvalue weighted by Gasteiger charge is 2.45. The summed E-state index contributed by atoms with van der Waals surface area (Å²) in [5, 5.41) is 3.05. The molecule has 1 saturated heterocycles. The molecule has 1 aliphatic heterocycles. The van der Waals surface area contributed by atoms with Gasteiger partial charge in [-0.1, -0.05) is 55.5 Å². The number of methoxy groups -OCH3 is 2. The van der Waals surface area contributed by atoms with Crippen LogP contribution in [0.2, 0.25) is 0 Å². The molecule has 0 bridgehead atoms. The molecule has 2 N–H and O–H groups in total. The highest BCUT2D eigenvalue weighted by atomic mass is 16.7. The SMILES string of the molecule is CO[C@@H]1C[C@@H]([C@H](OC)[C@@H](C)C(=O)NC(C)C(NOC(=O)c2ccccc2)c2ccccc2)N(C(=O)OC(C)(C)C)C1. The van der Waals surface area contributed by atoms with Crippen molar-refractivity contribution >= 4 is 18.0 Å². The fraction of sp³-hybridized carbons (Fsp3) is 0.516. The quantitative estimate of drug-likeness (QED) is 0.386. The summed E-state index contributed by atoms with van der Waals surface area (Å²) < 4.78 is 17.0. The second-order valence-corrected chi connectivity index (χ2v) is 11.3. The van der Waals surface area contributed by atoms with Crippen LogP contribution in [0.5, 0.6) is 0 Å². The van der Waals surface area contributed by atoms with Crippen LogP contribution in [0.25, 0.3) is 0 Å². The predicted octanol–water partition coefficient (Wildman–Crippen LogP) is 4.27. The first-order chi connectivity index (χ1) is 19.4. The lowest BCUT2D eigenvalue weighted by molar-refractivity contribution is -0.131. The molecule has 0 radical (unpaired) electrons. The highest BCUT2D eigenvalue weighted by Crippen LogP contribution is 2.30. The number of amides is 2. The molecule has 1 fully saturated rings. The molecule has 10 heteroatoms. The number of carbonyl (C=O) groups excluding carboxylic acids is 3. The number of hydroxylamine groups is 1. The van der Waals surface area contributed by atoms with Crippen LogP contribution in [0.15, 0.2) is 60.7 Å². The molecule has 0 spiro atoms. The lowest BCUT2D eigenvalue weighted by Crippen LogP contribution is -2.52. The zero-order valence-corrected chi connectivity index (χ0v) is 25.0. The molecule has 0 aromatic heterocycles. The summed E-state index contributed by atoms with van der Waals surface area (Å²) >= 11 is 0. The molecule has 3 rings (SSSR count). The summed E-state index contributed by atoms with van der Waals surface area (Å²) in [5.41, 5.74) is 3.41. The van der Waals surface area contributed by atoms with Crippen molar-refractivity contribution in [1.82, 2.24) is 15.7 Å². The van der Waals surface area contributed by atoms with Crippen molar-refractivity contribution in [3.05, 3.63) is 71.8 Å². The van der Waals surface area contributed by atoms with E-state index in [4.69, 9.17) is 19.0 Å². The molecule has 10 nitrogen and oxygen atoms in total. The lowest BCUT2D eigenvalue weighted by Gasteiger charge is -2.35. The van der Waals surface area contributed by atoms with E-state index in [9.17, 15) is 14.4 Å². The molecule has 2 amide bonds. The zero-order valence-electron chi connectivity index (χ0n) is 25.0. The monoisotopic (exact) mass is 569 g/mol. The number of nitrogens with one attached hydrogen (secondary N) is 2. The van der Waals surface area contributed by atoms with Gasteiger partial charge in [0.1, 0.15) is 5.60 Å². The molecule has 2 aromatic carbocycles. The van der Waals surface area contributed by atoms with Crippen LogP contribution in [0, 0.1) is 5.92 Å². The Morgan fingerprint density at radius 3 is 2.12 bits per heavy atom. The first kappa shape index (κ1) is 32.0. The summed E-state index contributed by atoms with van der Waals surface area (Å²) in [4.78, 5) is 46.2. The minimum atomic E-state index is -0.669. The maximum atomic E-state index is 13.6. The molecule has 1 heterocycles. The van der Waals surface area contributed by atoms with Crippen molar-refractivity contribution in [2.24, 2.45) is 5.92 Å². The zero-order chi connectivity index (χ0) is 30.2. The highest BCUT2D eigenvalue weighted by molar-refractivity contribution is 5.89. The fourth-order valence-corrected chi connectivity index (χ4v) is 4.99. The van der Waals surface area contributed by atoms with Crippen LogP contribution in [0.1, 0.15) is 63.0 Å². The first-order valence-corrected chi connectivity index (χ1v) is 13.9. The topological polar surface area (TPSA) is 115 Å². The van der Waals surface area contributed by atoms with Gasteiger partial charge in [-0.2, -0.15) is 0 Å². The van der Waals surface area contributed by atoms with Crippen molar-refractivity contribution < 1.29 is 33.4 Å². The van der Waals surface area contributed by atoms with Gasteiger partial charge in [0.15, 0.2) is 0 Å². The Labute approximate surface area is 242 Å². The minimum Gasteiger partial charge on any atom is -0.444 e. The maximum Gasteiger partial charge on any atom is 0.410 e. The van der Waals surface area contributed by atoms with E-state index in [0.29, 0.717) is 18.5 Å². The third-order valence-corrected chi connectivity index (χ3v) is 7.14. The molecule has 2 unspecified atom stereocenters. The molecule has 1 aliphatic rings. The van der Waals surface area contributed by atoms with Crippen LogP contribution in [-0.2, 0) is 23.8 Å². The number of ether oxygens (including phenoxy) is 3. The molecule has 41 heavy (non-hydrogen) atoms. The van der Waals surface area contributed by atoms with Crippen LogP contribution in [0.3, 0.4) is 0 Å². The van der Waals surface area contributed by atoms with Crippen molar-refractivity contribution in [2.45, 2.75) is 77.0 Å². The van der Waals surface area contributed by atoms with E-state index in [-0.39, 0.29) is 12.0 Å². The predicted molar refractivity (Wildman–Crippen MR) is 154 cm³/mol. The Kier molecular flexibility index (Phi) is 11.3. The van der Waals surface area contributed by atoms with E-state index in [2.05, 4.69) is 10.8 Å². The van der Waals surface area contributed by atoms with Gasteiger partial charge < -0.3 is 24.4 Å². The van der Waals surface area contributed by atoms with Crippen LogP contribution >= 0.6 is 0 Å². The molecule has 224 valence electrons. The standard InChI is InChI=1S/C31H43N3O7/c1-20(27(39-7)25-18-24(38-6)19-34(25)30(37)40-31(3,4)5)28(35)32-21(2)26(22-14-10-8-11-15-22)33-41-29(36)23-16-12-9-13-17-23/h8-17,20-21,24-27,33H,18-19H2,1-7H3,(H,32,35)/t20-,21?,24-,25+,26?,27-/m1/s1. The molecule has 2 aromatic rings. The fourth-order valence-electron chi connectivity index (χ4n) is 4.99. The van der Waals surface area contributed by atoms with Crippen molar-refractivity contribution in [2.75, 3.05) is 20.8 Å². The number of hydrogen-bond donors (Lipinski definition) is 2. The number of benzene rings is 2. The number of hydrogen-bond acceptors (Lipinski definition) is 8. The number of rotatable bonds is 11. The smallest absolute Gasteiger partial charge is 0.410 e. The van der Waals surface area contributed by atoms with Gasteiger partial charge in [0.2, 0.25) is 5.91 Å². The number of carbonyl (C=O) groups is 3. The van der Waals surface area contributed by atoms with Crippen molar-refractivity contribution in [3.63, 3.8) is 0 Å². The Bertz CT molecular complexity index is 1140. The Morgan fingerprint density at radius 1 is 0.951 bits per heavy atom. The summed E-state index contributed by atoms with van der Waals surface area (Å²) in [7, 11) is 3.13. The molecular formula is C31H43N3O7. The van der Waals surface area contributed by atoms with E-state index in [1.54, 1.807) is 43.2 Å². The second kappa shape index (κ2) is 14.4. The van der Waals surface area contributed by atoms with E-state index in [1.807, 2.05) is 64.1 Å². The average molecular weight is 570 g/mol. The Hall–Kier alpha value is -3.47. The van der Waals surface area contributed by atoms with Crippen LogP contribution in [0.4, 0.5) is 4.79 Å². The first-order valence-electron chi connectivity index (χ1n) is 13.9. The molecule has 0 aliphatic carbocycles. The van der Waals surface area contributed by atoms with Crippen molar-refractivity contribution in [1.29, 1.82) is 0 Å². The molecule has 6 atom stereocenters. The summed E-state index contributed by atoms with van der Waals surface area (Å²) in [5.74, 6) is -1.43. The number of likely N-dealkylation sites (tertiary alicyclic amines) is 1. The molecule has 0 saturated carbocycles. The van der Waals surface area contributed by atoms with E-state index >= 15 is 0 Å². The summed E-state index contributed by atoms with van der Waals surface area (Å²) in [6.45, 7) is 9.37. The minimum absolute atomic E-state index is 0.203. The van der Waals surface area contributed by atoms with Gasteiger partial charge in [-0.05, 0) is 51.8 Å². The van der Waals surface area contributed by atoms with Gasteiger partial charge in [-0.3, -0.25) is 9.69 Å². The Morgan fingerprint density at radius 2 is 1.56 bits per heavy atom. The van der Waals surface area contributed by atoms with Gasteiger partial charge in [0.25, 0.3) is 0 Å². The van der Waals surface area contributed by atoms with E-state index in [1.165, 1.54) is 7.11 Å². The van der Waals surface area contributed by atoms with Gasteiger partial charge in [-0.15, -0.1) is 5.48 Å². The number of nitrogens with zero attached hydrogens (tertiary/aromatic N) is 1. The lowest BCUT2D eigenvalue weighted by atomic mass is 9.93. The van der Waals surface area contributed by atoms with Gasteiger partial charge in [-0.25, -0.2) is 9.59 Å². The normalized spacial score (nSPS) is 20.0. The van der Waals surface area contributed by atoms with E-state index in [0.717, 1.165) is 5.56 Å². The third-order valence-electron chi connectivity index (χ3n) is 7.14. The van der Waals surface area contributed by atoms with Crippen LogP contribution < -0.4 is 10.8 Å². The van der Waals surface area contributed by atoms with Crippen molar-refractivity contribution in [3.8, 4) is 0 Å². The van der Waals surface area contributed by atoms with Gasteiger partial charge >= 0.3 is 12.1 Å². The molecular weight excluding hydrogens is 526 g/mol. The summed E-state index contributed by atoms with van der Waals surface area (Å²) in [6, 6.07) is 16.6. The largest absolute Gasteiger partial charge is 0.444 e. The average Bonchev–Trinajstić information content (AvgIpc) is 3.38. The van der Waals surface area contributed by atoms with Gasteiger partial charge in [0, 0.05) is 20.3 Å². The van der Waals surface area contributed by atoms with E-state index < -0.39 is 47.8 Å². The Balaban J connectivity index is 1.73. The third kappa shape index (κ3) is 8.76.